The van der Waals surface area contributed by atoms with Gasteiger partial charge in [-0.05, 0) is 31.5 Å². The highest BCUT2D eigenvalue weighted by molar-refractivity contribution is 7.11. The standard InChI is InChI=1S/C17H19N3O2S/c1-10-11(2)23-17(19-10)9-18-14-5-3-4-12(6-14)13-7-15(21)20-16(22)8-13/h3-6,13,18H,7-9H2,1-2H3,(H,20,21,22). The molecule has 0 bridgehead atoms. The van der Waals surface area contributed by atoms with Crippen LogP contribution in [0.4, 0.5) is 5.69 Å². The van der Waals surface area contributed by atoms with Gasteiger partial charge >= 0.3 is 0 Å². The van der Waals surface area contributed by atoms with E-state index < -0.39 is 0 Å². The zero-order valence-electron chi connectivity index (χ0n) is 13.2. The lowest BCUT2D eigenvalue weighted by Crippen LogP contribution is -2.37. The molecule has 3 rings (SSSR count). The van der Waals surface area contributed by atoms with Crippen molar-refractivity contribution >= 4 is 28.8 Å². The average molecular weight is 329 g/mol. The summed E-state index contributed by atoms with van der Waals surface area (Å²) >= 11 is 1.70. The number of imide groups is 1. The molecule has 0 unspecified atom stereocenters. The third-order valence-corrected chi connectivity index (χ3v) is 5.09. The lowest BCUT2D eigenvalue weighted by atomic mass is 9.89. The summed E-state index contributed by atoms with van der Waals surface area (Å²) < 4.78 is 0. The van der Waals surface area contributed by atoms with Crippen molar-refractivity contribution in [3.05, 3.63) is 45.4 Å². The highest BCUT2D eigenvalue weighted by atomic mass is 32.1. The Kier molecular flexibility index (Phi) is 4.43. The molecule has 2 N–H and O–H groups in total. The van der Waals surface area contributed by atoms with Gasteiger partial charge in [-0.1, -0.05) is 12.1 Å². The van der Waals surface area contributed by atoms with Crippen molar-refractivity contribution in [2.24, 2.45) is 0 Å². The molecule has 23 heavy (non-hydrogen) atoms. The lowest BCUT2D eigenvalue weighted by molar-refractivity contribution is -0.133. The van der Waals surface area contributed by atoms with Crippen LogP contribution in [0.15, 0.2) is 24.3 Å². The van der Waals surface area contributed by atoms with Gasteiger partial charge in [-0.15, -0.1) is 11.3 Å². The van der Waals surface area contributed by atoms with Crippen molar-refractivity contribution in [3.8, 4) is 0 Å². The second kappa shape index (κ2) is 6.50. The monoisotopic (exact) mass is 329 g/mol. The molecule has 1 aromatic carbocycles. The van der Waals surface area contributed by atoms with Gasteiger partial charge in [0.05, 0.1) is 12.2 Å². The third kappa shape index (κ3) is 3.76. The van der Waals surface area contributed by atoms with E-state index in [9.17, 15) is 9.59 Å². The van der Waals surface area contributed by atoms with E-state index in [0.717, 1.165) is 22.0 Å². The summed E-state index contributed by atoms with van der Waals surface area (Å²) in [7, 11) is 0. The normalized spacial score (nSPS) is 15.6. The first-order valence-corrected chi connectivity index (χ1v) is 8.42. The molecule has 0 saturated carbocycles. The van der Waals surface area contributed by atoms with Gasteiger partial charge in [0.25, 0.3) is 0 Å². The van der Waals surface area contributed by atoms with Crippen LogP contribution in [0, 0.1) is 13.8 Å². The van der Waals surface area contributed by atoms with Gasteiger partial charge in [0.15, 0.2) is 0 Å². The Morgan fingerprint density at radius 1 is 1.26 bits per heavy atom. The number of hydrogen-bond acceptors (Lipinski definition) is 5. The molecule has 0 radical (unpaired) electrons. The SMILES string of the molecule is Cc1nc(CNc2cccc(C3CC(=O)NC(=O)C3)c2)sc1C. The lowest BCUT2D eigenvalue weighted by Gasteiger charge is -2.21. The van der Waals surface area contributed by atoms with Crippen LogP contribution in [0.2, 0.25) is 0 Å². The number of aromatic nitrogens is 1. The molecule has 6 heteroatoms. The molecular formula is C17H19N3O2S. The summed E-state index contributed by atoms with van der Waals surface area (Å²) in [5.41, 5.74) is 3.07. The molecule has 1 aliphatic rings. The third-order valence-electron chi connectivity index (χ3n) is 4.02. The van der Waals surface area contributed by atoms with Crippen LogP contribution in [-0.4, -0.2) is 16.8 Å². The minimum absolute atomic E-state index is 0.0395. The van der Waals surface area contributed by atoms with Gasteiger partial charge in [-0.2, -0.15) is 0 Å². The minimum atomic E-state index is -0.196. The molecule has 1 aliphatic heterocycles. The summed E-state index contributed by atoms with van der Waals surface area (Å²) in [4.78, 5) is 28.8. The summed E-state index contributed by atoms with van der Waals surface area (Å²) in [6.07, 6.45) is 0.722. The molecule has 2 amide bonds. The highest BCUT2D eigenvalue weighted by Crippen LogP contribution is 2.28. The Morgan fingerprint density at radius 2 is 2.00 bits per heavy atom. The van der Waals surface area contributed by atoms with E-state index in [-0.39, 0.29) is 17.7 Å². The van der Waals surface area contributed by atoms with E-state index >= 15 is 0 Å². The Labute approximate surface area is 139 Å². The average Bonchev–Trinajstić information content (AvgIpc) is 2.83. The Hall–Kier alpha value is -2.21. The van der Waals surface area contributed by atoms with Crippen LogP contribution in [0.3, 0.4) is 0 Å². The van der Waals surface area contributed by atoms with Crippen LogP contribution in [0.5, 0.6) is 0 Å². The quantitative estimate of drug-likeness (QED) is 0.846. The Morgan fingerprint density at radius 3 is 2.65 bits per heavy atom. The number of carbonyl (C=O) groups excluding carboxylic acids is 2. The first-order chi connectivity index (χ1) is 11.0. The van der Waals surface area contributed by atoms with E-state index in [1.807, 2.05) is 31.2 Å². The predicted octanol–water partition coefficient (Wildman–Crippen LogP) is 2.89. The number of hydrogen-bond donors (Lipinski definition) is 2. The maximum absolute atomic E-state index is 11.5. The smallest absolute Gasteiger partial charge is 0.227 e. The second-order valence-electron chi connectivity index (χ2n) is 5.80. The number of rotatable bonds is 4. The summed E-state index contributed by atoms with van der Waals surface area (Å²) in [5, 5.41) is 6.77. The summed E-state index contributed by atoms with van der Waals surface area (Å²) in [6.45, 7) is 4.76. The topological polar surface area (TPSA) is 71.1 Å². The van der Waals surface area contributed by atoms with E-state index in [2.05, 4.69) is 22.5 Å². The van der Waals surface area contributed by atoms with Gasteiger partial charge in [0.1, 0.15) is 5.01 Å². The number of carbonyl (C=O) groups is 2. The number of thiazole rings is 1. The van der Waals surface area contributed by atoms with E-state index in [1.165, 1.54) is 4.88 Å². The van der Waals surface area contributed by atoms with Crippen molar-refractivity contribution in [2.45, 2.75) is 39.2 Å². The van der Waals surface area contributed by atoms with Gasteiger partial charge in [-0.3, -0.25) is 14.9 Å². The molecule has 1 aromatic heterocycles. The number of anilines is 1. The van der Waals surface area contributed by atoms with Crippen molar-refractivity contribution in [2.75, 3.05) is 5.32 Å². The first kappa shape index (κ1) is 15.7. The molecule has 2 heterocycles. The molecule has 1 saturated heterocycles. The number of nitrogens with one attached hydrogen (secondary N) is 2. The Bertz CT molecular complexity index is 719. The van der Waals surface area contributed by atoms with E-state index in [0.29, 0.717) is 19.4 Å². The molecule has 120 valence electrons. The van der Waals surface area contributed by atoms with Crippen LogP contribution in [-0.2, 0) is 16.1 Å². The molecule has 0 spiro atoms. The van der Waals surface area contributed by atoms with Crippen molar-refractivity contribution in [1.82, 2.24) is 10.3 Å². The number of piperidine rings is 1. The first-order valence-electron chi connectivity index (χ1n) is 7.60. The van der Waals surface area contributed by atoms with Crippen molar-refractivity contribution < 1.29 is 9.59 Å². The van der Waals surface area contributed by atoms with Crippen LogP contribution in [0.25, 0.3) is 0 Å². The predicted molar refractivity (Wildman–Crippen MR) is 90.5 cm³/mol. The van der Waals surface area contributed by atoms with Crippen molar-refractivity contribution in [3.63, 3.8) is 0 Å². The number of amides is 2. The molecule has 0 aliphatic carbocycles. The molecule has 0 atom stereocenters. The minimum Gasteiger partial charge on any atom is -0.379 e. The zero-order chi connectivity index (χ0) is 16.4. The maximum Gasteiger partial charge on any atom is 0.227 e. The second-order valence-corrected chi connectivity index (χ2v) is 7.09. The fraction of sp³-hybridized carbons (Fsp3) is 0.353. The van der Waals surface area contributed by atoms with Crippen LogP contribution < -0.4 is 10.6 Å². The molecular weight excluding hydrogens is 310 g/mol. The maximum atomic E-state index is 11.5. The van der Waals surface area contributed by atoms with Gasteiger partial charge < -0.3 is 5.32 Å². The molecule has 2 aromatic rings. The molecule has 1 fully saturated rings. The summed E-state index contributed by atoms with van der Waals surface area (Å²) in [5.74, 6) is -0.431. The van der Waals surface area contributed by atoms with Gasteiger partial charge in [0, 0.05) is 29.3 Å². The van der Waals surface area contributed by atoms with E-state index in [1.54, 1.807) is 11.3 Å². The van der Waals surface area contributed by atoms with Gasteiger partial charge in [-0.25, -0.2) is 4.98 Å². The number of aryl methyl sites for hydroxylation is 2. The largest absolute Gasteiger partial charge is 0.379 e. The van der Waals surface area contributed by atoms with Gasteiger partial charge in [0.2, 0.25) is 11.8 Å². The fourth-order valence-electron chi connectivity index (χ4n) is 2.71. The zero-order valence-corrected chi connectivity index (χ0v) is 14.0. The fourth-order valence-corrected chi connectivity index (χ4v) is 3.58. The molecule has 5 nitrogen and oxygen atoms in total. The summed E-state index contributed by atoms with van der Waals surface area (Å²) in [6, 6.07) is 7.93. The number of nitrogens with zero attached hydrogens (tertiary/aromatic N) is 1. The van der Waals surface area contributed by atoms with Crippen molar-refractivity contribution in [1.29, 1.82) is 0 Å². The Balaban J connectivity index is 1.69. The van der Waals surface area contributed by atoms with Crippen LogP contribution in [0.1, 0.15) is 39.9 Å². The van der Waals surface area contributed by atoms with Crippen LogP contribution >= 0.6 is 11.3 Å². The number of benzene rings is 1. The highest BCUT2D eigenvalue weighted by Gasteiger charge is 2.26. The van der Waals surface area contributed by atoms with E-state index in [4.69, 9.17) is 0 Å².